The molecule has 25 heavy (non-hydrogen) atoms. The van der Waals surface area contributed by atoms with Crippen molar-refractivity contribution in [2.45, 2.75) is 0 Å². The number of methoxy groups -OCH3 is 1. The SMILES string of the molecule is C#CCOc1c(Br)cc(C=C2C(=O)N(C)C(=O)N(C)C2=O)cc1OC. The van der Waals surface area contributed by atoms with E-state index in [1.54, 1.807) is 12.1 Å². The number of imide groups is 2. The maximum absolute atomic E-state index is 12.2. The van der Waals surface area contributed by atoms with Crippen molar-refractivity contribution in [3.63, 3.8) is 0 Å². The van der Waals surface area contributed by atoms with Gasteiger partial charge in [0.15, 0.2) is 11.5 Å². The van der Waals surface area contributed by atoms with E-state index < -0.39 is 17.8 Å². The van der Waals surface area contributed by atoms with E-state index in [-0.39, 0.29) is 12.2 Å². The first-order valence-corrected chi connectivity index (χ1v) is 7.86. The first-order chi connectivity index (χ1) is 11.8. The molecule has 7 nitrogen and oxygen atoms in total. The monoisotopic (exact) mass is 406 g/mol. The van der Waals surface area contributed by atoms with E-state index in [4.69, 9.17) is 15.9 Å². The lowest BCUT2D eigenvalue weighted by Crippen LogP contribution is -2.52. The molecule has 0 aromatic heterocycles. The molecule has 130 valence electrons. The van der Waals surface area contributed by atoms with Crippen LogP contribution in [0.4, 0.5) is 4.79 Å². The zero-order chi connectivity index (χ0) is 18.7. The topological polar surface area (TPSA) is 76.2 Å². The number of likely N-dealkylation sites (N-methyl/N-ethyl adjacent to an activating group) is 2. The van der Waals surface area contributed by atoms with Gasteiger partial charge < -0.3 is 9.47 Å². The highest BCUT2D eigenvalue weighted by atomic mass is 79.9. The molecule has 1 heterocycles. The van der Waals surface area contributed by atoms with Gasteiger partial charge in [0.05, 0.1) is 11.6 Å². The molecule has 8 heteroatoms. The van der Waals surface area contributed by atoms with Gasteiger partial charge in [-0.05, 0) is 39.7 Å². The van der Waals surface area contributed by atoms with Gasteiger partial charge in [-0.25, -0.2) is 4.79 Å². The van der Waals surface area contributed by atoms with Crippen LogP contribution in [0.25, 0.3) is 6.08 Å². The highest BCUT2D eigenvalue weighted by Gasteiger charge is 2.37. The van der Waals surface area contributed by atoms with Crippen LogP contribution in [-0.4, -0.2) is 55.5 Å². The van der Waals surface area contributed by atoms with Crippen LogP contribution in [0.1, 0.15) is 5.56 Å². The van der Waals surface area contributed by atoms with E-state index in [0.29, 0.717) is 21.5 Å². The second kappa shape index (κ2) is 7.40. The van der Waals surface area contributed by atoms with Gasteiger partial charge >= 0.3 is 6.03 Å². The van der Waals surface area contributed by atoms with Crippen molar-refractivity contribution < 1.29 is 23.9 Å². The summed E-state index contributed by atoms with van der Waals surface area (Å²) >= 11 is 3.35. The van der Waals surface area contributed by atoms with E-state index in [9.17, 15) is 14.4 Å². The number of ether oxygens (including phenoxy) is 2. The lowest BCUT2D eigenvalue weighted by atomic mass is 10.1. The molecule has 4 amide bonds. The normalized spacial score (nSPS) is 14.5. The summed E-state index contributed by atoms with van der Waals surface area (Å²) in [6.07, 6.45) is 6.58. The summed E-state index contributed by atoms with van der Waals surface area (Å²) in [6.45, 7) is 0.0596. The molecule has 0 saturated carbocycles. The number of terminal acetylenes is 1. The molecule has 0 atom stereocenters. The smallest absolute Gasteiger partial charge is 0.333 e. The molecule has 1 aromatic rings. The fourth-order valence-electron chi connectivity index (χ4n) is 2.22. The zero-order valence-electron chi connectivity index (χ0n) is 13.8. The van der Waals surface area contributed by atoms with Crippen LogP contribution in [0.15, 0.2) is 22.2 Å². The van der Waals surface area contributed by atoms with Crippen LogP contribution in [0.2, 0.25) is 0 Å². The Hall–Kier alpha value is -2.79. The third-order valence-corrected chi connectivity index (χ3v) is 4.10. The van der Waals surface area contributed by atoms with E-state index in [1.165, 1.54) is 27.3 Å². The van der Waals surface area contributed by atoms with Crippen molar-refractivity contribution in [3.05, 3.63) is 27.7 Å². The van der Waals surface area contributed by atoms with E-state index in [0.717, 1.165) is 9.80 Å². The third-order valence-electron chi connectivity index (χ3n) is 3.51. The van der Waals surface area contributed by atoms with Crippen LogP contribution in [0.3, 0.4) is 0 Å². The maximum Gasteiger partial charge on any atom is 0.333 e. The summed E-state index contributed by atoms with van der Waals surface area (Å²) in [5.41, 5.74) is 0.389. The minimum Gasteiger partial charge on any atom is -0.493 e. The predicted molar refractivity (Wildman–Crippen MR) is 93.9 cm³/mol. The zero-order valence-corrected chi connectivity index (χ0v) is 15.4. The van der Waals surface area contributed by atoms with E-state index in [2.05, 4.69) is 21.9 Å². The average molecular weight is 407 g/mol. The number of rotatable bonds is 4. The van der Waals surface area contributed by atoms with Gasteiger partial charge in [-0.15, -0.1) is 6.42 Å². The molecule has 0 radical (unpaired) electrons. The van der Waals surface area contributed by atoms with E-state index >= 15 is 0 Å². The minimum absolute atomic E-state index is 0.0596. The Morgan fingerprint density at radius 1 is 1.20 bits per heavy atom. The number of nitrogens with zero attached hydrogens (tertiary/aromatic N) is 2. The summed E-state index contributed by atoms with van der Waals surface area (Å²) in [7, 11) is 4.09. The first-order valence-electron chi connectivity index (χ1n) is 7.07. The summed E-state index contributed by atoms with van der Waals surface area (Å²) in [5, 5.41) is 0. The van der Waals surface area contributed by atoms with Crippen molar-refractivity contribution in [1.29, 1.82) is 0 Å². The summed E-state index contributed by atoms with van der Waals surface area (Å²) in [5.74, 6) is 1.81. The Morgan fingerprint density at radius 2 is 1.80 bits per heavy atom. The highest BCUT2D eigenvalue weighted by Crippen LogP contribution is 2.37. The van der Waals surface area contributed by atoms with E-state index in [1.807, 2.05) is 0 Å². The van der Waals surface area contributed by atoms with Crippen molar-refractivity contribution >= 4 is 39.9 Å². The van der Waals surface area contributed by atoms with Crippen LogP contribution >= 0.6 is 15.9 Å². The standard InChI is InChI=1S/C17H15BrN2O5/c1-5-6-25-14-12(18)8-10(9-13(14)24-4)7-11-15(21)19(2)17(23)20(3)16(11)22/h1,7-9H,6H2,2-4H3. The van der Waals surface area contributed by atoms with Gasteiger partial charge in [0.25, 0.3) is 11.8 Å². The van der Waals surface area contributed by atoms with Crippen LogP contribution in [-0.2, 0) is 9.59 Å². The Morgan fingerprint density at radius 3 is 2.32 bits per heavy atom. The molecule has 2 rings (SSSR count). The molecule has 0 spiro atoms. The number of hydrogen-bond donors (Lipinski definition) is 0. The number of urea groups is 1. The number of benzene rings is 1. The largest absolute Gasteiger partial charge is 0.493 e. The van der Waals surface area contributed by atoms with Crippen molar-refractivity contribution in [1.82, 2.24) is 9.80 Å². The summed E-state index contributed by atoms with van der Waals surface area (Å²) in [4.78, 5) is 38.0. The van der Waals surface area contributed by atoms with Gasteiger partial charge in [0.2, 0.25) is 0 Å². The Balaban J connectivity index is 2.48. The number of hydrogen-bond acceptors (Lipinski definition) is 5. The molecular weight excluding hydrogens is 392 g/mol. The molecule has 0 N–H and O–H groups in total. The molecule has 1 aliphatic heterocycles. The van der Waals surface area contributed by atoms with Crippen molar-refractivity contribution in [2.24, 2.45) is 0 Å². The quantitative estimate of drug-likeness (QED) is 0.433. The van der Waals surface area contributed by atoms with Gasteiger partial charge in [-0.3, -0.25) is 19.4 Å². The number of carbonyl (C=O) groups excluding carboxylic acids is 3. The fourth-order valence-corrected chi connectivity index (χ4v) is 2.79. The number of carbonyl (C=O) groups is 3. The highest BCUT2D eigenvalue weighted by molar-refractivity contribution is 9.10. The molecular formula is C17H15BrN2O5. The maximum atomic E-state index is 12.2. The third kappa shape index (κ3) is 3.51. The van der Waals surface area contributed by atoms with Gasteiger partial charge in [0.1, 0.15) is 12.2 Å². The van der Waals surface area contributed by atoms with Crippen LogP contribution in [0, 0.1) is 12.3 Å². The molecule has 0 unspecified atom stereocenters. The number of halogens is 1. The Labute approximate surface area is 153 Å². The minimum atomic E-state index is -0.677. The molecule has 0 aliphatic carbocycles. The predicted octanol–water partition coefficient (Wildman–Crippen LogP) is 1.90. The molecule has 1 saturated heterocycles. The second-order valence-electron chi connectivity index (χ2n) is 5.10. The molecule has 0 bridgehead atoms. The Bertz CT molecular complexity index is 799. The first kappa shape index (κ1) is 18.5. The van der Waals surface area contributed by atoms with Crippen molar-refractivity contribution in [3.8, 4) is 23.8 Å². The van der Waals surface area contributed by atoms with Gasteiger partial charge in [-0.2, -0.15) is 0 Å². The van der Waals surface area contributed by atoms with Crippen LogP contribution in [0.5, 0.6) is 11.5 Å². The molecule has 1 aliphatic rings. The van der Waals surface area contributed by atoms with Gasteiger partial charge in [-0.1, -0.05) is 5.92 Å². The number of barbiturate groups is 1. The molecule has 1 fully saturated rings. The molecule has 1 aromatic carbocycles. The lowest BCUT2D eigenvalue weighted by molar-refractivity contribution is -0.134. The van der Waals surface area contributed by atoms with Crippen LogP contribution < -0.4 is 9.47 Å². The second-order valence-corrected chi connectivity index (χ2v) is 5.95. The fraction of sp³-hybridized carbons (Fsp3) is 0.235. The average Bonchev–Trinajstić information content (AvgIpc) is 2.60. The summed E-state index contributed by atoms with van der Waals surface area (Å²) in [6, 6.07) is 2.57. The Kier molecular flexibility index (Phi) is 5.49. The number of amides is 4. The lowest BCUT2D eigenvalue weighted by Gasteiger charge is -2.28. The summed E-state index contributed by atoms with van der Waals surface area (Å²) < 4.78 is 11.2. The van der Waals surface area contributed by atoms with Gasteiger partial charge in [0, 0.05) is 14.1 Å². The van der Waals surface area contributed by atoms with Crippen molar-refractivity contribution in [2.75, 3.05) is 27.8 Å².